The van der Waals surface area contributed by atoms with Gasteiger partial charge < -0.3 is 10.1 Å². The molecule has 0 spiro atoms. The van der Waals surface area contributed by atoms with Crippen LogP contribution in [0.3, 0.4) is 0 Å². The molecular weight excluding hydrogens is 324 g/mol. The lowest BCUT2D eigenvalue weighted by molar-refractivity contribution is 0.243. The molecule has 0 radical (unpaired) electrons. The van der Waals surface area contributed by atoms with Gasteiger partial charge in [-0.05, 0) is 6.07 Å². The van der Waals surface area contributed by atoms with E-state index in [9.17, 15) is 4.79 Å². The molecule has 1 aliphatic heterocycles. The lowest BCUT2D eigenvalue weighted by atomic mass is 10.1. The van der Waals surface area contributed by atoms with Gasteiger partial charge in [0.05, 0.1) is 6.04 Å². The molecule has 24 heavy (non-hydrogen) atoms. The van der Waals surface area contributed by atoms with E-state index in [0.717, 1.165) is 28.4 Å². The van der Waals surface area contributed by atoms with Gasteiger partial charge in [0.25, 0.3) is 0 Å². The van der Waals surface area contributed by atoms with E-state index in [4.69, 9.17) is 4.74 Å². The number of para-hydroxylation sites is 1. The van der Waals surface area contributed by atoms with E-state index in [2.05, 4.69) is 20.0 Å². The Morgan fingerprint density at radius 3 is 2.79 bits per heavy atom. The summed E-state index contributed by atoms with van der Waals surface area (Å²) in [5.41, 5.74) is 1.90. The zero-order valence-corrected chi connectivity index (χ0v) is 13.4. The van der Waals surface area contributed by atoms with Gasteiger partial charge in [0.1, 0.15) is 12.4 Å². The van der Waals surface area contributed by atoms with E-state index in [1.165, 1.54) is 0 Å². The molecule has 0 bridgehead atoms. The second-order valence-electron chi connectivity index (χ2n) is 5.29. The molecule has 0 saturated carbocycles. The molecule has 0 fully saturated rings. The Morgan fingerprint density at radius 2 is 1.92 bits per heavy atom. The molecule has 0 aliphatic carbocycles. The van der Waals surface area contributed by atoms with E-state index in [-0.39, 0.29) is 12.1 Å². The normalized spacial score (nSPS) is 15.4. The highest BCUT2D eigenvalue weighted by Gasteiger charge is 2.25. The first-order valence-electron chi connectivity index (χ1n) is 7.48. The van der Waals surface area contributed by atoms with Crippen LogP contribution in [0.15, 0.2) is 54.6 Å². The van der Waals surface area contributed by atoms with E-state index >= 15 is 0 Å². The van der Waals surface area contributed by atoms with Gasteiger partial charge in [0.15, 0.2) is 5.82 Å². The third-order valence-corrected chi connectivity index (χ3v) is 4.31. The first kappa shape index (κ1) is 14.6. The van der Waals surface area contributed by atoms with Crippen molar-refractivity contribution < 1.29 is 9.53 Å². The summed E-state index contributed by atoms with van der Waals surface area (Å²) in [5.74, 6) is 1.41. The van der Waals surface area contributed by atoms with E-state index in [1.807, 2.05) is 54.6 Å². The number of nitrogens with zero attached hydrogens (tertiary/aromatic N) is 2. The zero-order valence-electron chi connectivity index (χ0n) is 12.6. The van der Waals surface area contributed by atoms with Crippen LogP contribution in [0.5, 0.6) is 5.75 Å². The molecule has 3 aromatic rings. The SMILES string of the molecule is O=C(Nc1nc(-c2ccccc2)ns1)NC1COc2ccccc21. The second-order valence-corrected chi connectivity index (χ2v) is 6.04. The van der Waals surface area contributed by atoms with Crippen molar-refractivity contribution in [1.82, 2.24) is 14.7 Å². The monoisotopic (exact) mass is 338 g/mol. The summed E-state index contributed by atoms with van der Waals surface area (Å²) in [6.45, 7) is 0.429. The van der Waals surface area contributed by atoms with Gasteiger partial charge in [-0.1, -0.05) is 48.5 Å². The topological polar surface area (TPSA) is 76.1 Å². The molecule has 7 heteroatoms. The van der Waals surface area contributed by atoms with Gasteiger partial charge in [-0.25, -0.2) is 4.79 Å². The van der Waals surface area contributed by atoms with Crippen LogP contribution in [0.1, 0.15) is 11.6 Å². The van der Waals surface area contributed by atoms with Crippen molar-refractivity contribution in [2.24, 2.45) is 0 Å². The Hall–Kier alpha value is -2.93. The Balaban J connectivity index is 1.42. The predicted octanol–water partition coefficient (Wildman–Crippen LogP) is 3.46. The lowest BCUT2D eigenvalue weighted by Gasteiger charge is -2.11. The summed E-state index contributed by atoms with van der Waals surface area (Å²) in [5, 5.41) is 6.08. The van der Waals surface area contributed by atoms with Crippen molar-refractivity contribution in [3.05, 3.63) is 60.2 Å². The van der Waals surface area contributed by atoms with Crippen molar-refractivity contribution in [3.63, 3.8) is 0 Å². The standard InChI is InChI=1S/C17H14N4O2S/c22-16(18-13-10-23-14-9-5-4-8-12(13)14)20-17-19-15(21-24-17)11-6-2-1-3-7-11/h1-9,13H,10H2,(H2,18,19,20,21,22). The molecule has 1 unspecified atom stereocenters. The third-order valence-electron chi connectivity index (χ3n) is 3.68. The van der Waals surface area contributed by atoms with Crippen LogP contribution >= 0.6 is 11.5 Å². The molecule has 2 aromatic carbocycles. The number of anilines is 1. The number of carbonyl (C=O) groups excluding carboxylic acids is 1. The molecule has 6 nitrogen and oxygen atoms in total. The Labute approximate surface area is 142 Å². The minimum absolute atomic E-state index is 0.164. The summed E-state index contributed by atoms with van der Waals surface area (Å²) >= 11 is 1.15. The number of urea groups is 1. The van der Waals surface area contributed by atoms with Crippen LogP contribution in [0.4, 0.5) is 9.93 Å². The fourth-order valence-corrected chi connectivity index (χ4v) is 3.14. The number of hydrogen-bond acceptors (Lipinski definition) is 5. The molecule has 2 heterocycles. The number of hydrogen-bond donors (Lipinski definition) is 2. The molecule has 1 aromatic heterocycles. The Kier molecular flexibility index (Phi) is 3.84. The van der Waals surface area contributed by atoms with Crippen molar-refractivity contribution in [2.75, 3.05) is 11.9 Å². The smallest absolute Gasteiger partial charge is 0.321 e. The summed E-state index contributed by atoms with van der Waals surface area (Å²) in [6.07, 6.45) is 0. The third kappa shape index (κ3) is 2.93. The maximum atomic E-state index is 12.2. The fraction of sp³-hybridized carbons (Fsp3) is 0.118. The fourth-order valence-electron chi connectivity index (χ4n) is 2.55. The number of rotatable bonds is 3. The first-order valence-corrected chi connectivity index (χ1v) is 8.25. The Morgan fingerprint density at radius 1 is 1.12 bits per heavy atom. The average molecular weight is 338 g/mol. The number of amides is 2. The van der Waals surface area contributed by atoms with Crippen LogP contribution < -0.4 is 15.4 Å². The maximum Gasteiger partial charge on any atom is 0.321 e. The molecule has 1 aliphatic rings. The van der Waals surface area contributed by atoms with Crippen molar-refractivity contribution in [3.8, 4) is 17.1 Å². The molecule has 2 amide bonds. The van der Waals surface area contributed by atoms with Crippen molar-refractivity contribution in [1.29, 1.82) is 0 Å². The maximum absolute atomic E-state index is 12.2. The number of nitrogens with one attached hydrogen (secondary N) is 2. The van der Waals surface area contributed by atoms with Gasteiger partial charge in [0, 0.05) is 22.7 Å². The second kappa shape index (κ2) is 6.29. The van der Waals surface area contributed by atoms with Gasteiger partial charge in [-0.3, -0.25) is 5.32 Å². The highest BCUT2D eigenvalue weighted by molar-refractivity contribution is 7.10. The van der Waals surface area contributed by atoms with Gasteiger partial charge in [-0.15, -0.1) is 0 Å². The number of benzene rings is 2. The van der Waals surface area contributed by atoms with Crippen LogP contribution in [-0.2, 0) is 0 Å². The van der Waals surface area contributed by atoms with Crippen LogP contribution in [0.2, 0.25) is 0 Å². The minimum atomic E-state index is -0.323. The van der Waals surface area contributed by atoms with E-state index in [0.29, 0.717) is 17.6 Å². The number of aromatic nitrogens is 2. The highest BCUT2D eigenvalue weighted by atomic mass is 32.1. The minimum Gasteiger partial charge on any atom is -0.491 e. The van der Waals surface area contributed by atoms with Crippen LogP contribution in [-0.4, -0.2) is 22.0 Å². The molecule has 4 rings (SSSR count). The van der Waals surface area contributed by atoms with Gasteiger partial charge >= 0.3 is 6.03 Å². The largest absolute Gasteiger partial charge is 0.491 e. The van der Waals surface area contributed by atoms with Crippen molar-refractivity contribution >= 4 is 22.7 Å². The predicted molar refractivity (Wildman–Crippen MR) is 92.2 cm³/mol. The quantitative estimate of drug-likeness (QED) is 0.767. The van der Waals surface area contributed by atoms with Crippen molar-refractivity contribution in [2.45, 2.75) is 6.04 Å². The highest BCUT2D eigenvalue weighted by Crippen LogP contribution is 2.31. The van der Waals surface area contributed by atoms with E-state index in [1.54, 1.807) is 0 Å². The number of carbonyl (C=O) groups is 1. The van der Waals surface area contributed by atoms with Crippen LogP contribution in [0.25, 0.3) is 11.4 Å². The van der Waals surface area contributed by atoms with Gasteiger partial charge in [-0.2, -0.15) is 9.36 Å². The average Bonchev–Trinajstić information content (AvgIpc) is 3.23. The number of fused-ring (bicyclic) bond motifs is 1. The molecule has 0 saturated heterocycles. The summed E-state index contributed by atoms with van der Waals surface area (Å²) in [6, 6.07) is 16.8. The summed E-state index contributed by atoms with van der Waals surface area (Å²) < 4.78 is 9.83. The molecular formula is C17H14N4O2S. The van der Waals surface area contributed by atoms with Gasteiger partial charge in [0.2, 0.25) is 5.13 Å². The first-order chi connectivity index (χ1) is 11.8. The molecule has 2 N–H and O–H groups in total. The molecule has 1 atom stereocenters. The zero-order chi connectivity index (χ0) is 16.4. The molecule has 120 valence electrons. The lowest BCUT2D eigenvalue weighted by Crippen LogP contribution is -2.33. The summed E-state index contributed by atoms with van der Waals surface area (Å²) in [4.78, 5) is 16.5. The van der Waals surface area contributed by atoms with E-state index < -0.39 is 0 Å². The van der Waals surface area contributed by atoms with Crippen LogP contribution in [0, 0.1) is 0 Å². The summed E-state index contributed by atoms with van der Waals surface area (Å²) in [7, 11) is 0. The number of ether oxygens (including phenoxy) is 1. The Bertz CT molecular complexity index is 866.